The number of nitrogens with zero attached hydrogens (tertiary/aromatic N) is 4. The lowest BCUT2D eigenvalue weighted by molar-refractivity contribution is 0.870. The number of hydrogen-bond donors (Lipinski definition) is 1. The number of imidazole rings is 1. The zero-order chi connectivity index (χ0) is 13.2. The van der Waals surface area contributed by atoms with Crippen LogP contribution in [0.5, 0.6) is 0 Å². The van der Waals surface area contributed by atoms with Crippen molar-refractivity contribution in [2.24, 2.45) is 0 Å². The first kappa shape index (κ1) is 12.1. The lowest BCUT2D eigenvalue weighted by atomic mass is 10.3. The van der Waals surface area contributed by atoms with Gasteiger partial charge in [-0.05, 0) is 18.4 Å². The Bertz CT molecular complexity index is 700. The van der Waals surface area contributed by atoms with Gasteiger partial charge in [-0.25, -0.2) is 9.97 Å². The van der Waals surface area contributed by atoms with Crippen molar-refractivity contribution in [1.29, 1.82) is 0 Å². The van der Waals surface area contributed by atoms with Crippen LogP contribution in [0.3, 0.4) is 0 Å². The third-order valence-corrected chi connectivity index (χ3v) is 3.71. The number of aryl methyl sites for hydroxylation is 1. The second-order valence-electron chi connectivity index (χ2n) is 4.11. The van der Waals surface area contributed by atoms with Gasteiger partial charge in [-0.3, -0.25) is 4.57 Å². The van der Waals surface area contributed by atoms with Crippen LogP contribution in [-0.4, -0.2) is 26.1 Å². The van der Waals surface area contributed by atoms with Crippen LogP contribution >= 0.6 is 11.3 Å². The molecule has 5 nitrogen and oxygen atoms in total. The molecule has 1 N–H and O–H groups in total. The van der Waals surface area contributed by atoms with Gasteiger partial charge in [0.2, 0.25) is 5.95 Å². The maximum absolute atomic E-state index is 4.62. The average Bonchev–Trinajstić information content (AvgIpc) is 3.06. The standard InChI is InChI=1S/C13H15N5S/c1-3-10-15-6-7-18(10)11-9-5-8-19-12(9)17-13(16-11)14-4-2/h5-8H,3-4H2,1-2H3,(H,14,16,17). The molecule has 98 valence electrons. The summed E-state index contributed by atoms with van der Waals surface area (Å²) in [6.07, 6.45) is 4.64. The van der Waals surface area contributed by atoms with Gasteiger partial charge in [0.05, 0.1) is 5.39 Å². The molecular formula is C13H15N5S. The van der Waals surface area contributed by atoms with Crippen molar-refractivity contribution in [3.63, 3.8) is 0 Å². The summed E-state index contributed by atoms with van der Waals surface area (Å²) >= 11 is 1.63. The monoisotopic (exact) mass is 273 g/mol. The van der Waals surface area contributed by atoms with E-state index in [4.69, 9.17) is 0 Å². The third kappa shape index (κ3) is 2.08. The molecule has 3 rings (SSSR count). The number of nitrogens with one attached hydrogen (secondary N) is 1. The molecule has 0 radical (unpaired) electrons. The molecule has 0 aliphatic heterocycles. The van der Waals surface area contributed by atoms with Crippen molar-refractivity contribution in [2.75, 3.05) is 11.9 Å². The lowest BCUT2D eigenvalue weighted by Gasteiger charge is -2.09. The molecule has 0 unspecified atom stereocenters. The molecule has 0 amide bonds. The van der Waals surface area contributed by atoms with Crippen LogP contribution < -0.4 is 5.32 Å². The first-order chi connectivity index (χ1) is 9.33. The molecule has 0 aliphatic rings. The Balaban J connectivity index is 2.23. The van der Waals surface area contributed by atoms with Crippen molar-refractivity contribution in [1.82, 2.24) is 19.5 Å². The van der Waals surface area contributed by atoms with Gasteiger partial charge in [0, 0.05) is 25.4 Å². The molecule has 0 atom stereocenters. The second kappa shape index (κ2) is 4.97. The number of thiophene rings is 1. The molecule has 3 aromatic heterocycles. The van der Waals surface area contributed by atoms with Crippen LogP contribution in [0.4, 0.5) is 5.95 Å². The topological polar surface area (TPSA) is 55.6 Å². The van der Waals surface area contributed by atoms with E-state index in [1.807, 2.05) is 29.3 Å². The number of aromatic nitrogens is 4. The number of anilines is 1. The highest BCUT2D eigenvalue weighted by Gasteiger charge is 2.12. The Labute approximate surface area is 115 Å². The number of hydrogen-bond acceptors (Lipinski definition) is 5. The first-order valence-electron chi connectivity index (χ1n) is 6.35. The first-order valence-corrected chi connectivity index (χ1v) is 7.23. The molecule has 3 heterocycles. The minimum absolute atomic E-state index is 0.670. The number of fused-ring (bicyclic) bond motifs is 1. The van der Waals surface area contributed by atoms with Crippen LogP contribution in [0.15, 0.2) is 23.8 Å². The normalized spacial score (nSPS) is 11.1. The van der Waals surface area contributed by atoms with Gasteiger partial charge in [-0.1, -0.05) is 6.92 Å². The SMILES string of the molecule is CCNc1nc(-n2ccnc2CC)c2ccsc2n1. The fraction of sp³-hybridized carbons (Fsp3) is 0.308. The average molecular weight is 273 g/mol. The van der Waals surface area contributed by atoms with E-state index in [0.717, 1.165) is 34.8 Å². The highest BCUT2D eigenvalue weighted by molar-refractivity contribution is 7.16. The summed E-state index contributed by atoms with van der Waals surface area (Å²) in [5.74, 6) is 2.58. The Morgan fingerprint density at radius 3 is 3.00 bits per heavy atom. The lowest BCUT2D eigenvalue weighted by Crippen LogP contribution is -2.07. The van der Waals surface area contributed by atoms with Gasteiger partial charge in [0.15, 0.2) is 5.82 Å². The minimum atomic E-state index is 0.670. The molecule has 0 aromatic carbocycles. The smallest absolute Gasteiger partial charge is 0.226 e. The van der Waals surface area contributed by atoms with Crippen molar-refractivity contribution in [2.45, 2.75) is 20.3 Å². The molecule has 0 spiro atoms. The fourth-order valence-electron chi connectivity index (χ4n) is 2.05. The maximum atomic E-state index is 4.62. The van der Waals surface area contributed by atoms with Gasteiger partial charge in [-0.2, -0.15) is 4.98 Å². The Morgan fingerprint density at radius 2 is 2.21 bits per heavy atom. The summed E-state index contributed by atoms with van der Waals surface area (Å²) in [5, 5.41) is 6.29. The van der Waals surface area contributed by atoms with E-state index in [9.17, 15) is 0 Å². The second-order valence-corrected chi connectivity index (χ2v) is 5.00. The zero-order valence-corrected chi connectivity index (χ0v) is 11.7. The van der Waals surface area contributed by atoms with Gasteiger partial charge < -0.3 is 5.32 Å². The van der Waals surface area contributed by atoms with Crippen molar-refractivity contribution >= 4 is 27.5 Å². The molecule has 19 heavy (non-hydrogen) atoms. The highest BCUT2D eigenvalue weighted by Crippen LogP contribution is 2.26. The van der Waals surface area contributed by atoms with Crippen molar-refractivity contribution < 1.29 is 0 Å². The summed E-state index contributed by atoms with van der Waals surface area (Å²) in [4.78, 5) is 14.5. The Morgan fingerprint density at radius 1 is 1.32 bits per heavy atom. The van der Waals surface area contributed by atoms with E-state index in [1.54, 1.807) is 11.3 Å². The predicted octanol–water partition coefficient (Wildman–Crippen LogP) is 2.87. The highest BCUT2D eigenvalue weighted by atomic mass is 32.1. The van der Waals surface area contributed by atoms with Crippen LogP contribution in [0, 0.1) is 0 Å². The molecule has 3 aromatic rings. The summed E-state index contributed by atoms with van der Waals surface area (Å²) < 4.78 is 2.04. The summed E-state index contributed by atoms with van der Waals surface area (Å²) in [5.41, 5.74) is 0. The minimum Gasteiger partial charge on any atom is -0.354 e. The van der Waals surface area contributed by atoms with E-state index in [1.165, 1.54) is 0 Å². The van der Waals surface area contributed by atoms with Gasteiger partial charge in [-0.15, -0.1) is 11.3 Å². The van der Waals surface area contributed by atoms with E-state index >= 15 is 0 Å². The van der Waals surface area contributed by atoms with Gasteiger partial charge >= 0.3 is 0 Å². The van der Waals surface area contributed by atoms with Crippen molar-refractivity contribution in [3.8, 4) is 5.82 Å². The molecule has 0 saturated carbocycles. The van der Waals surface area contributed by atoms with Crippen LogP contribution in [0.1, 0.15) is 19.7 Å². The quantitative estimate of drug-likeness (QED) is 0.794. The molecule has 0 saturated heterocycles. The summed E-state index contributed by atoms with van der Waals surface area (Å²) in [6, 6.07) is 2.06. The van der Waals surface area contributed by atoms with Crippen molar-refractivity contribution in [3.05, 3.63) is 29.7 Å². The largest absolute Gasteiger partial charge is 0.354 e. The molecular weight excluding hydrogens is 258 g/mol. The predicted molar refractivity (Wildman–Crippen MR) is 78.1 cm³/mol. The zero-order valence-electron chi connectivity index (χ0n) is 10.9. The van der Waals surface area contributed by atoms with Crippen LogP contribution in [0.25, 0.3) is 16.0 Å². The Hall–Kier alpha value is -1.95. The molecule has 0 bridgehead atoms. The maximum Gasteiger partial charge on any atom is 0.226 e. The molecule has 0 fully saturated rings. The van der Waals surface area contributed by atoms with Gasteiger partial charge in [0.25, 0.3) is 0 Å². The van der Waals surface area contributed by atoms with E-state index < -0.39 is 0 Å². The number of rotatable bonds is 4. The van der Waals surface area contributed by atoms with E-state index in [-0.39, 0.29) is 0 Å². The summed E-state index contributed by atoms with van der Waals surface area (Å²) in [6.45, 7) is 4.94. The van der Waals surface area contributed by atoms with E-state index in [0.29, 0.717) is 5.95 Å². The molecule has 6 heteroatoms. The third-order valence-electron chi connectivity index (χ3n) is 2.90. The Kier molecular flexibility index (Phi) is 3.16. The molecule has 0 aliphatic carbocycles. The van der Waals surface area contributed by atoms with Crippen LogP contribution in [0.2, 0.25) is 0 Å². The summed E-state index contributed by atoms with van der Waals surface area (Å²) in [7, 11) is 0. The van der Waals surface area contributed by atoms with Crippen LogP contribution in [-0.2, 0) is 6.42 Å². The van der Waals surface area contributed by atoms with Gasteiger partial charge in [0.1, 0.15) is 10.7 Å². The van der Waals surface area contributed by atoms with E-state index in [2.05, 4.69) is 33.3 Å². The fourth-order valence-corrected chi connectivity index (χ4v) is 2.81.